The van der Waals surface area contributed by atoms with Gasteiger partial charge in [-0.3, -0.25) is 4.79 Å². The maximum absolute atomic E-state index is 13.3. The van der Waals surface area contributed by atoms with E-state index in [1.807, 2.05) is 0 Å². The first kappa shape index (κ1) is 15.7. The molecule has 2 aromatic rings. The number of benzene rings is 2. The highest BCUT2D eigenvalue weighted by molar-refractivity contribution is 7.90. The number of hydrogen-bond acceptors (Lipinski definition) is 3. The lowest BCUT2D eigenvalue weighted by molar-refractivity contribution is 0.0993. The Labute approximate surface area is 127 Å². The van der Waals surface area contributed by atoms with E-state index in [1.54, 1.807) is 6.07 Å². The van der Waals surface area contributed by atoms with Crippen LogP contribution >= 0.6 is 11.6 Å². The van der Waals surface area contributed by atoms with Crippen LogP contribution in [0.25, 0.3) is 0 Å². The molecule has 2 rings (SSSR count). The van der Waals surface area contributed by atoms with Crippen molar-refractivity contribution in [1.29, 1.82) is 0 Å². The zero-order valence-electron chi connectivity index (χ0n) is 11.1. The van der Waals surface area contributed by atoms with E-state index >= 15 is 0 Å². The molecule has 0 spiro atoms. The molecule has 0 radical (unpaired) electrons. The zero-order valence-corrected chi connectivity index (χ0v) is 12.7. The average molecular weight is 327 g/mol. The predicted octanol–water partition coefficient (Wildman–Crippen LogP) is 3.31. The third-order valence-electron chi connectivity index (χ3n) is 2.95. The molecule has 0 aromatic heterocycles. The molecule has 0 bridgehead atoms. The van der Waals surface area contributed by atoms with Gasteiger partial charge >= 0.3 is 0 Å². The summed E-state index contributed by atoms with van der Waals surface area (Å²) < 4.78 is 36.0. The minimum absolute atomic E-state index is 0.00343. The highest BCUT2D eigenvalue weighted by atomic mass is 35.5. The fraction of sp³-hybridized carbons (Fsp3) is 0.133. The third kappa shape index (κ3) is 3.89. The Morgan fingerprint density at radius 2 is 1.76 bits per heavy atom. The van der Waals surface area contributed by atoms with Gasteiger partial charge in [-0.2, -0.15) is 0 Å². The SMILES string of the molecule is CS(=O)(=O)c1ccc(C(=O)Cc2ccc(Cl)c(F)c2)cc1. The molecule has 3 nitrogen and oxygen atoms in total. The van der Waals surface area contributed by atoms with Crippen molar-refractivity contribution in [2.45, 2.75) is 11.3 Å². The molecular formula is C15H12ClFO3S. The molecular weight excluding hydrogens is 315 g/mol. The van der Waals surface area contributed by atoms with E-state index in [1.165, 1.54) is 36.4 Å². The normalized spacial score (nSPS) is 11.4. The molecule has 2 aromatic carbocycles. The smallest absolute Gasteiger partial charge is 0.175 e. The summed E-state index contributed by atoms with van der Waals surface area (Å²) in [5, 5.41) is 0.00343. The minimum atomic E-state index is -3.29. The Morgan fingerprint density at radius 3 is 2.29 bits per heavy atom. The van der Waals surface area contributed by atoms with Gasteiger partial charge in [-0.1, -0.05) is 29.8 Å². The highest BCUT2D eigenvalue weighted by Crippen LogP contribution is 2.17. The van der Waals surface area contributed by atoms with Gasteiger partial charge in [0.1, 0.15) is 5.82 Å². The summed E-state index contributed by atoms with van der Waals surface area (Å²) in [4.78, 5) is 12.2. The lowest BCUT2D eigenvalue weighted by atomic mass is 10.0. The van der Waals surface area contributed by atoms with Crippen LogP contribution in [0, 0.1) is 5.82 Å². The van der Waals surface area contributed by atoms with Crippen molar-refractivity contribution in [2.24, 2.45) is 0 Å². The quantitative estimate of drug-likeness (QED) is 0.810. The standard InChI is InChI=1S/C15H12ClFO3S/c1-21(19,20)12-5-3-11(4-6-12)15(18)9-10-2-7-13(16)14(17)8-10/h2-8H,9H2,1H3. The van der Waals surface area contributed by atoms with Crippen molar-refractivity contribution in [3.05, 3.63) is 64.4 Å². The number of carbonyl (C=O) groups is 1. The lowest BCUT2D eigenvalue weighted by Gasteiger charge is -2.04. The van der Waals surface area contributed by atoms with Crippen LogP contribution in [0.3, 0.4) is 0 Å². The van der Waals surface area contributed by atoms with Gasteiger partial charge < -0.3 is 0 Å². The summed E-state index contributed by atoms with van der Waals surface area (Å²) in [6.07, 6.45) is 1.12. The Morgan fingerprint density at radius 1 is 1.14 bits per heavy atom. The molecule has 0 aliphatic heterocycles. The van der Waals surface area contributed by atoms with Crippen LogP contribution in [0.2, 0.25) is 5.02 Å². The van der Waals surface area contributed by atoms with E-state index in [9.17, 15) is 17.6 Å². The minimum Gasteiger partial charge on any atom is -0.294 e. The summed E-state index contributed by atoms with van der Waals surface area (Å²) in [5.74, 6) is -0.800. The molecule has 21 heavy (non-hydrogen) atoms. The molecule has 110 valence electrons. The topological polar surface area (TPSA) is 51.2 Å². The zero-order chi connectivity index (χ0) is 15.6. The van der Waals surface area contributed by atoms with Gasteiger partial charge in [0.15, 0.2) is 15.6 Å². The molecule has 0 N–H and O–H groups in total. The average Bonchev–Trinajstić information content (AvgIpc) is 2.42. The first-order valence-electron chi connectivity index (χ1n) is 6.04. The first-order valence-corrected chi connectivity index (χ1v) is 8.31. The van der Waals surface area contributed by atoms with Crippen LogP contribution in [-0.2, 0) is 16.3 Å². The van der Waals surface area contributed by atoms with E-state index < -0.39 is 15.7 Å². The second-order valence-corrected chi connectivity index (χ2v) is 7.07. The first-order chi connectivity index (χ1) is 9.77. The van der Waals surface area contributed by atoms with Crippen molar-refractivity contribution in [2.75, 3.05) is 6.26 Å². The van der Waals surface area contributed by atoms with E-state index in [0.717, 1.165) is 6.26 Å². The molecule has 0 aliphatic rings. The van der Waals surface area contributed by atoms with Gasteiger partial charge in [-0.15, -0.1) is 0 Å². The van der Waals surface area contributed by atoms with Gasteiger partial charge in [0.2, 0.25) is 0 Å². The van der Waals surface area contributed by atoms with Crippen LogP contribution < -0.4 is 0 Å². The van der Waals surface area contributed by atoms with Crippen molar-refractivity contribution < 1.29 is 17.6 Å². The summed E-state index contributed by atoms with van der Waals surface area (Å²) in [5.41, 5.74) is 0.881. The van der Waals surface area contributed by atoms with Gasteiger partial charge in [-0.25, -0.2) is 12.8 Å². The summed E-state index contributed by atoms with van der Waals surface area (Å²) in [6, 6.07) is 9.84. The van der Waals surface area contributed by atoms with Gasteiger partial charge in [0.05, 0.1) is 9.92 Å². The predicted molar refractivity (Wildman–Crippen MR) is 79.0 cm³/mol. The second-order valence-electron chi connectivity index (χ2n) is 4.64. The number of hydrogen-bond donors (Lipinski definition) is 0. The monoisotopic (exact) mass is 326 g/mol. The van der Waals surface area contributed by atoms with E-state index in [0.29, 0.717) is 11.1 Å². The van der Waals surface area contributed by atoms with Crippen LogP contribution in [0.4, 0.5) is 4.39 Å². The summed E-state index contributed by atoms with van der Waals surface area (Å²) in [6.45, 7) is 0. The summed E-state index contributed by atoms with van der Waals surface area (Å²) in [7, 11) is -3.29. The number of sulfone groups is 1. The molecule has 0 saturated heterocycles. The van der Waals surface area contributed by atoms with Crippen molar-refractivity contribution in [1.82, 2.24) is 0 Å². The van der Waals surface area contributed by atoms with Crippen LogP contribution in [0.15, 0.2) is 47.4 Å². The third-order valence-corrected chi connectivity index (χ3v) is 4.39. The van der Waals surface area contributed by atoms with Gasteiger partial charge in [0, 0.05) is 18.2 Å². The molecule has 0 unspecified atom stereocenters. The highest BCUT2D eigenvalue weighted by Gasteiger charge is 2.11. The molecule has 6 heteroatoms. The maximum Gasteiger partial charge on any atom is 0.175 e. The van der Waals surface area contributed by atoms with E-state index in [-0.39, 0.29) is 22.1 Å². The number of ketones is 1. The number of rotatable bonds is 4. The van der Waals surface area contributed by atoms with Crippen molar-refractivity contribution >= 4 is 27.2 Å². The molecule has 0 amide bonds. The molecule has 0 fully saturated rings. The largest absolute Gasteiger partial charge is 0.294 e. The van der Waals surface area contributed by atoms with Gasteiger partial charge in [0.25, 0.3) is 0 Å². The summed E-state index contributed by atoms with van der Waals surface area (Å²) >= 11 is 5.58. The Bertz CT molecular complexity index is 783. The Kier molecular flexibility index (Phi) is 4.44. The maximum atomic E-state index is 13.3. The van der Waals surface area contributed by atoms with Crippen LogP contribution in [0.5, 0.6) is 0 Å². The number of halogens is 2. The molecule has 0 heterocycles. The molecule has 0 atom stereocenters. The second kappa shape index (κ2) is 5.95. The van der Waals surface area contributed by atoms with E-state index in [4.69, 9.17) is 11.6 Å². The van der Waals surface area contributed by atoms with Crippen LogP contribution in [-0.4, -0.2) is 20.5 Å². The number of Topliss-reactive ketones (excluding diaryl/α,β-unsaturated/α-hetero) is 1. The fourth-order valence-corrected chi connectivity index (χ4v) is 2.57. The van der Waals surface area contributed by atoms with E-state index in [2.05, 4.69) is 0 Å². The Hall–Kier alpha value is -1.72. The fourth-order valence-electron chi connectivity index (χ4n) is 1.83. The lowest BCUT2D eigenvalue weighted by Crippen LogP contribution is -2.05. The van der Waals surface area contributed by atoms with Crippen molar-refractivity contribution in [3.8, 4) is 0 Å². The van der Waals surface area contributed by atoms with Crippen LogP contribution in [0.1, 0.15) is 15.9 Å². The van der Waals surface area contributed by atoms with Gasteiger partial charge in [-0.05, 0) is 29.8 Å². The van der Waals surface area contributed by atoms with Crippen molar-refractivity contribution in [3.63, 3.8) is 0 Å². The Balaban J connectivity index is 2.18. The number of carbonyl (C=O) groups excluding carboxylic acids is 1. The molecule has 0 aliphatic carbocycles. The molecule has 0 saturated carbocycles.